The van der Waals surface area contributed by atoms with Crippen LogP contribution >= 0.6 is 17.2 Å². The first-order valence-electron chi connectivity index (χ1n) is 16.1. The summed E-state index contributed by atoms with van der Waals surface area (Å²) >= 11 is 0. The van der Waals surface area contributed by atoms with Crippen molar-refractivity contribution in [1.29, 1.82) is 0 Å². The third-order valence-corrected chi connectivity index (χ3v) is 72.7. The first-order valence-corrected chi connectivity index (χ1v) is 24.3. The van der Waals surface area contributed by atoms with Crippen LogP contribution in [-0.2, 0) is 6.51 Å². The Balaban J connectivity index is 1.20. The first-order chi connectivity index (χ1) is 16.9. The Labute approximate surface area is 220 Å². The maximum absolute atomic E-state index is 4.26. The fourth-order valence-corrected chi connectivity index (χ4v) is 119. The van der Waals surface area contributed by atoms with Gasteiger partial charge in [0, 0.05) is 0 Å². The van der Waals surface area contributed by atoms with Crippen LogP contribution in [0.15, 0.2) is 0 Å². The van der Waals surface area contributed by atoms with Crippen molar-refractivity contribution < 1.29 is 6.51 Å². The van der Waals surface area contributed by atoms with Crippen molar-refractivity contribution in [1.82, 2.24) is 10.6 Å². The van der Waals surface area contributed by atoms with E-state index >= 15 is 0 Å². The van der Waals surface area contributed by atoms with Crippen LogP contribution in [0, 0.1) is 5.41 Å². The Kier molecular flexibility index (Phi) is 1.80. The molecule has 1 spiro atoms. The monoisotopic (exact) mass is 584 g/mol. The van der Waals surface area contributed by atoms with Crippen LogP contribution in [0.2, 0.25) is 46.7 Å². The third kappa shape index (κ3) is 0.509. The van der Waals surface area contributed by atoms with Crippen LogP contribution in [-0.4, -0.2) is 46.8 Å². The molecule has 12 heterocycles. The Hall–Kier alpha value is 1.30. The van der Waals surface area contributed by atoms with E-state index in [2.05, 4.69) is 82.2 Å². The Morgan fingerprint density at radius 1 is 0.757 bits per heavy atom. The first kappa shape index (κ1) is 21.9. The number of fused-ring (bicyclic) bond motifs is 10. The Bertz CT molecular complexity index is 1580. The van der Waals surface area contributed by atoms with Crippen molar-refractivity contribution in [2.45, 2.75) is 162 Å². The second kappa shape index (κ2) is 3.03. The van der Waals surface area contributed by atoms with Gasteiger partial charge >= 0.3 is 221 Å². The van der Waals surface area contributed by atoms with E-state index in [1.807, 2.05) is 0 Å². The summed E-state index contributed by atoms with van der Waals surface area (Å²) in [6, 6.07) is 1.52. The van der Waals surface area contributed by atoms with Crippen LogP contribution < -0.4 is 10.6 Å². The molecule has 0 radical (unpaired) electrons. The summed E-state index contributed by atoms with van der Waals surface area (Å²) in [5.74, 6) is 0. The summed E-state index contributed by atoms with van der Waals surface area (Å²) in [6.07, 6.45) is 7.44. The van der Waals surface area contributed by atoms with Crippen molar-refractivity contribution in [2.24, 2.45) is 5.41 Å². The van der Waals surface area contributed by atoms with Crippen LogP contribution in [0.1, 0.15) is 88.0 Å². The van der Waals surface area contributed by atoms with E-state index in [9.17, 15) is 0 Å². The fourth-order valence-electron chi connectivity index (χ4n) is 25.8. The molecule has 12 saturated heterocycles. The summed E-state index contributed by atoms with van der Waals surface area (Å²) < 4.78 is 2.58. The van der Waals surface area contributed by atoms with E-state index in [0.29, 0.717) is 20.9 Å². The van der Waals surface area contributed by atoms with Gasteiger partial charge in [-0.05, 0) is 0 Å². The second-order valence-corrected chi connectivity index (χ2v) is 49.2. The van der Waals surface area contributed by atoms with Crippen LogP contribution in [0.4, 0.5) is 0 Å². The average molecular weight is 585 g/mol. The van der Waals surface area contributed by atoms with Crippen LogP contribution in [0.3, 0.4) is 0 Å². The van der Waals surface area contributed by atoms with E-state index in [-0.39, 0.29) is 7.92 Å². The molecule has 210 valence electrons. The molecule has 12 aliphatic heterocycles. The standard InChI is InChI=1S/C27H49N2P2.C5H5.Fe/c1-24(2,3)20-16-19(18-31(25(4,5)6)26(7,8)9)21(17-20)27(30,22-12-10-14-28-22)23-13-11-15-29-23;1-2-4-5-3-1;/h16-17,22-23,28-29H,10-15,18,30H2,1-9H3;1-5H;. The van der Waals surface area contributed by atoms with Crippen LogP contribution in [0.5, 0.6) is 0 Å². The predicted octanol–water partition coefficient (Wildman–Crippen LogP) is 8.73. The Morgan fingerprint density at radius 3 is 1.54 bits per heavy atom. The van der Waals surface area contributed by atoms with Gasteiger partial charge in [-0.25, -0.2) is 0 Å². The predicted molar refractivity (Wildman–Crippen MR) is 160 cm³/mol. The van der Waals surface area contributed by atoms with Crippen LogP contribution in [0.25, 0.3) is 0 Å². The quantitative estimate of drug-likeness (QED) is 0.250. The summed E-state index contributed by atoms with van der Waals surface area (Å²) in [6.45, 7) is 22.8. The molecule has 37 heavy (non-hydrogen) atoms. The molecule has 8 atom stereocenters. The number of hydrogen-bond acceptors (Lipinski definition) is 2. The molecule has 5 heteroatoms. The zero-order valence-corrected chi connectivity index (χ0v) is 28.2. The number of hydrogen-bond donors (Lipinski definition) is 2. The van der Waals surface area contributed by atoms with Gasteiger partial charge in [-0.2, -0.15) is 0 Å². The third-order valence-electron chi connectivity index (χ3n) is 22.3. The molecular weight excluding hydrogens is 530 g/mol. The molecule has 8 unspecified atom stereocenters. The molecule has 12 rings (SSSR count). The fraction of sp³-hybridized carbons (Fsp3) is 1.00. The van der Waals surface area contributed by atoms with Gasteiger partial charge in [-0.1, -0.05) is 0 Å². The summed E-state index contributed by atoms with van der Waals surface area (Å²) in [5.41, 5.74) is 0.561. The van der Waals surface area contributed by atoms with Gasteiger partial charge in [0.25, 0.3) is 0 Å². The number of nitrogens with one attached hydrogen (secondary N) is 2. The molecule has 0 aromatic carbocycles. The Morgan fingerprint density at radius 2 is 1.22 bits per heavy atom. The van der Waals surface area contributed by atoms with E-state index in [0.717, 1.165) is 25.0 Å². The summed E-state index contributed by atoms with van der Waals surface area (Å²) in [4.78, 5) is 9.29. The molecule has 0 amide bonds. The minimum atomic E-state index is -3.95. The molecular formula is C32H54FeN2P2. The van der Waals surface area contributed by atoms with Gasteiger partial charge in [-0.15, -0.1) is 0 Å². The average Bonchev–Trinajstić information content (AvgIpc) is 3.61. The van der Waals surface area contributed by atoms with Crippen molar-refractivity contribution in [3.8, 4) is 0 Å². The molecule has 0 bridgehead atoms. The van der Waals surface area contributed by atoms with Crippen molar-refractivity contribution in [2.75, 3.05) is 19.3 Å². The van der Waals surface area contributed by atoms with Gasteiger partial charge in [0.05, 0.1) is 0 Å². The van der Waals surface area contributed by atoms with E-state index in [4.69, 9.17) is 0 Å². The molecule has 0 aromatic heterocycles. The second-order valence-electron chi connectivity index (χ2n) is 21.4. The van der Waals surface area contributed by atoms with Crippen molar-refractivity contribution >= 4 is 17.2 Å². The SMILES string of the molecule is CC(C)(C)P(C[C]12[CH]3[C]4(C(C)(C)C)[CH]5[C]1(C(P)(C1CCCN1)C1CCCN1)[Fe]35241678[CH]2[CH]1[CH]6[CH]7[CH]28)C(C)(C)C. The maximum atomic E-state index is 4.26. The molecule has 12 aliphatic rings. The topological polar surface area (TPSA) is 24.1 Å². The van der Waals surface area contributed by atoms with Gasteiger partial charge < -0.3 is 0 Å². The van der Waals surface area contributed by atoms with Gasteiger partial charge in [0.1, 0.15) is 0 Å². The van der Waals surface area contributed by atoms with Crippen molar-refractivity contribution in [3.63, 3.8) is 0 Å². The molecule has 0 aromatic rings. The normalized spacial score (nSPS) is 77.0. The van der Waals surface area contributed by atoms with Crippen molar-refractivity contribution in [3.05, 3.63) is 0 Å². The molecule has 0 saturated carbocycles. The number of rotatable bonds is 5. The van der Waals surface area contributed by atoms with Gasteiger partial charge in [0.2, 0.25) is 0 Å². The van der Waals surface area contributed by atoms with E-state index < -0.39 is 6.51 Å². The van der Waals surface area contributed by atoms with Gasteiger partial charge in [0.15, 0.2) is 0 Å². The summed E-state index contributed by atoms with van der Waals surface area (Å²) in [5, 5.41) is 9.88. The van der Waals surface area contributed by atoms with Gasteiger partial charge in [-0.3, -0.25) is 0 Å². The molecule has 2 N–H and O–H groups in total. The minimum absolute atomic E-state index is 0.0255. The molecule has 2 nitrogen and oxygen atoms in total. The summed E-state index contributed by atoms with van der Waals surface area (Å²) in [7, 11) is 3.87. The zero-order chi connectivity index (χ0) is 26.0. The molecule has 12 fully saturated rings. The molecule has 0 aliphatic carbocycles. The zero-order valence-electron chi connectivity index (χ0n) is 25.0. The van der Waals surface area contributed by atoms with E-state index in [1.165, 1.54) is 72.5 Å². The van der Waals surface area contributed by atoms with E-state index in [1.54, 1.807) is 6.16 Å².